The number of piperidine rings is 1. The summed E-state index contributed by atoms with van der Waals surface area (Å²) in [6, 6.07) is 8.37. The van der Waals surface area contributed by atoms with Gasteiger partial charge < -0.3 is 10.2 Å². The average molecular weight is 366 g/mol. The number of nitrogens with one attached hydrogen (secondary N) is 1. The molecule has 4 rings (SSSR count). The van der Waals surface area contributed by atoms with E-state index >= 15 is 0 Å². The highest BCUT2D eigenvalue weighted by atomic mass is 32.1. The van der Waals surface area contributed by atoms with Crippen molar-refractivity contribution >= 4 is 33.1 Å². The van der Waals surface area contributed by atoms with E-state index < -0.39 is 0 Å². The lowest BCUT2D eigenvalue weighted by atomic mass is 9.96. The van der Waals surface area contributed by atoms with Gasteiger partial charge in [-0.15, -0.1) is 0 Å². The van der Waals surface area contributed by atoms with E-state index in [0.717, 1.165) is 47.5 Å². The minimum Gasteiger partial charge on any atom is -0.306 e. The molecule has 0 aliphatic carbocycles. The number of nitrogens with zero attached hydrogens (tertiary/aromatic N) is 3. The number of pyridine rings is 1. The van der Waals surface area contributed by atoms with Gasteiger partial charge in [0.2, 0.25) is 5.91 Å². The third-order valence-corrected chi connectivity index (χ3v) is 6.04. The van der Waals surface area contributed by atoms with Gasteiger partial charge >= 0.3 is 0 Å². The first-order valence-corrected chi connectivity index (χ1v) is 9.73. The Hall–Kier alpha value is -2.31. The molecule has 1 aliphatic rings. The van der Waals surface area contributed by atoms with Crippen LogP contribution < -0.4 is 5.32 Å². The van der Waals surface area contributed by atoms with Crippen molar-refractivity contribution < 1.29 is 4.79 Å². The van der Waals surface area contributed by atoms with E-state index in [4.69, 9.17) is 0 Å². The van der Waals surface area contributed by atoms with Crippen LogP contribution in [0.25, 0.3) is 21.2 Å². The number of hydrogen-bond acceptors (Lipinski definition) is 5. The first kappa shape index (κ1) is 17.1. The molecule has 0 radical (unpaired) electrons. The third-order valence-electron chi connectivity index (χ3n) is 5.07. The zero-order chi connectivity index (χ0) is 18.1. The van der Waals surface area contributed by atoms with Crippen LogP contribution in [0.2, 0.25) is 0 Å². The van der Waals surface area contributed by atoms with Crippen molar-refractivity contribution in [3.8, 4) is 10.4 Å². The number of aryl methyl sites for hydroxylation is 1. The van der Waals surface area contributed by atoms with Crippen LogP contribution in [0.4, 0.5) is 5.13 Å². The average Bonchev–Trinajstić information content (AvgIpc) is 3.10. The second-order valence-corrected chi connectivity index (χ2v) is 7.96. The second-order valence-electron chi connectivity index (χ2n) is 6.93. The van der Waals surface area contributed by atoms with Gasteiger partial charge in [0.25, 0.3) is 0 Å². The number of anilines is 1. The molecule has 1 aliphatic heterocycles. The molecule has 26 heavy (non-hydrogen) atoms. The molecule has 1 aromatic carbocycles. The Balaban J connectivity index is 1.50. The molecule has 0 atom stereocenters. The van der Waals surface area contributed by atoms with Gasteiger partial charge in [-0.1, -0.05) is 23.5 Å². The van der Waals surface area contributed by atoms with Gasteiger partial charge in [0, 0.05) is 29.4 Å². The monoisotopic (exact) mass is 366 g/mol. The predicted octanol–water partition coefficient (Wildman–Crippen LogP) is 3.95. The van der Waals surface area contributed by atoms with Gasteiger partial charge in [-0.2, -0.15) is 0 Å². The minimum atomic E-state index is 0.0923. The lowest BCUT2D eigenvalue weighted by Crippen LogP contribution is -2.35. The van der Waals surface area contributed by atoms with Crippen molar-refractivity contribution in [3.05, 3.63) is 42.4 Å². The van der Waals surface area contributed by atoms with Crippen LogP contribution in [-0.4, -0.2) is 40.9 Å². The summed E-state index contributed by atoms with van der Waals surface area (Å²) in [6.45, 7) is 3.98. The largest absolute Gasteiger partial charge is 0.306 e. The van der Waals surface area contributed by atoms with E-state index in [1.807, 2.05) is 25.4 Å². The molecule has 3 aromatic rings. The highest BCUT2D eigenvalue weighted by molar-refractivity contribution is 7.19. The Morgan fingerprint density at radius 1 is 1.23 bits per heavy atom. The lowest BCUT2D eigenvalue weighted by molar-refractivity contribution is -0.121. The summed E-state index contributed by atoms with van der Waals surface area (Å²) >= 11 is 1.52. The molecule has 1 fully saturated rings. The van der Waals surface area contributed by atoms with Crippen LogP contribution >= 0.6 is 11.3 Å². The van der Waals surface area contributed by atoms with E-state index in [0.29, 0.717) is 5.13 Å². The van der Waals surface area contributed by atoms with Crippen LogP contribution in [-0.2, 0) is 4.79 Å². The first-order chi connectivity index (χ1) is 12.6. The van der Waals surface area contributed by atoms with Crippen molar-refractivity contribution in [1.29, 1.82) is 0 Å². The highest BCUT2D eigenvalue weighted by Crippen LogP contribution is 2.32. The molecular weight excluding hydrogens is 344 g/mol. The van der Waals surface area contributed by atoms with E-state index in [2.05, 4.69) is 45.4 Å². The van der Waals surface area contributed by atoms with Crippen LogP contribution in [0.1, 0.15) is 18.5 Å². The van der Waals surface area contributed by atoms with Crippen molar-refractivity contribution in [2.75, 3.05) is 25.5 Å². The quantitative estimate of drug-likeness (QED) is 0.763. The fourth-order valence-corrected chi connectivity index (χ4v) is 4.24. The van der Waals surface area contributed by atoms with Gasteiger partial charge in [0.05, 0.1) is 4.88 Å². The standard InChI is InChI=1S/C20H22N4OS/c1-13-17-4-3-16(11-15(17)5-8-21-13)18-12-22-20(26-18)23-19(25)14-6-9-24(2)10-7-14/h3-5,8,11-12,14H,6-7,9-10H2,1-2H3,(H,22,23,25). The molecule has 6 heteroatoms. The summed E-state index contributed by atoms with van der Waals surface area (Å²) in [5, 5.41) is 6.01. The van der Waals surface area contributed by atoms with Crippen molar-refractivity contribution in [1.82, 2.24) is 14.9 Å². The number of aromatic nitrogens is 2. The molecule has 0 saturated carbocycles. The maximum absolute atomic E-state index is 12.5. The first-order valence-electron chi connectivity index (χ1n) is 8.91. The maximum atomic E-state index is 12.5. The molecule has 0 unspecified atom stereocenters. The summed E-state index contributed by atoms with van der Waals surface area (Å²) in [4.78, 5) is 24.5. The van der Waals surface area contributed by atoms with Crippen LogP contribution in [0, 0.1) is 12.8 Å². The van der Waals surface area contributed by atoms with Crippen LogP contribution in [0.3, 0.4) is 0 Å². The van der Waals surface area contributed by atoms with E-state index in [1.165, 1.54) is 16.7 Å². The highest BCUT2D eigenvalue weighted by Gasteiger charge is 2.24. The Bertz CT molecular complexity index is 944. The second kappa shape index (κ2) is 7.13. The van der Waals surface area contributed by atoms with Crippen molar-refractivity contribution in [3.63, 3.8) is 0 Å². The van der Waals surface area contributed by atoms with Gasteiger partial charge in [-0.3, -0.25) is 9.78 Å². The molecule has 2 aromatic heterocycles. The SMILES string of the molecule is Cc1nccc2cc(-c3cnc(NC(=O)C4CCN(C)CC4)s3)ccc12. The summed E-state index contributed by atoms with van der Waals surface area (Å²) < 4.78 is 0. The number of thiazole rings is 1. The number of rotatable bonds is 3. The number of fused-ring (bicyclic) bond motifs is 1. The smallest absolute Gasteiger partial charge is 0.229 e. The zero-order valence-electron chi connectivity index (χ0n) is 15.0. The van der Waals surface area contributed by atoms with E-state index in [1.54, 1.807) is 0 Å². The van der Waals surface area contributed by atoms with Gasteiger partial charge in [-0.05, 0) is 63.0 Å². The summed E-state index contributed by atoms with van der Waals surface area (Å²) in [7, 11) is 2.10. The molecule has 1 amide bonds. The Kier molecular flexibility index (Phi) is 4.70. The predicted molar refractivity (Wildman–Crippen MR) is 106 cm³/mol. The number of likely N-dealkylation sites (tertiary alicyclic amines) is 1. The number of benzene rings is 1. The number of carbonyl (C=O) groups is 1. The fourth-order valence-electron chi connectivity index (χ4n) is 3.43. The molecule has 0 bridgehead atoms. The normalized spacial score (nSPS) is 16.1. The van der Waals surface area contributed by atoms with Crippen LogP contribution in [0.5, 0.6) is 0 Å². The Morgan fingerprint density at radius 2 is 2.04 bits per heavy atom. The van der Waals surface area contributed by atoms with Gasteiger partial charge in [0.1, 0.15) is 0 Å². The zero-order valence-corrected chi connectivity index (χ0v) is 15.8. The molecular formula is C20H22N4OS. The summed E-state index contributed by atoms with van der Waals surface area (Å²) in [6.07, 6.45) is 5.50. The Morgan fingerprint density at radius 3 is 2.85 bits per heavy atom. The molecule has 1 N–H and O–H groups in total. The number of hydrogen-bond donors (Lipinski definition) is 1. The molecule has 3 heterocycles. The molecule has 5 nitrogen and oxygen atoms in total. The topological polar surface area (TPSA) is 58.1 Å². The van der Waals surface area contributed by atoms with Crippen molar-refractivity contribution in [2.45, 2.75) is 19.8 Å². The third kappa shape index (κ3) is 3.48. The molecule has 1 saturated heterocycles. The van der Waals surface area contributed by atoms with Crippen LogP contribution in [0.15, 0.2) is 36.7 Å². The van der Waals surface area contributed by atoms with E-state index in [9.17, 15) is 4.79 Å². The number of amides is 1. The lowest BCUT2D eigenvalue weighted by Gasteiger charge is -2.27. The Labute approximate surface area is 157 Å². The summed E-state index contributed by atoms with van der Waals surface area (Å²) in [5.41, 5.74) is 2.14. The van der Waals surface area contributed by atoms with Gasteiger partial charge in [0.15, 0.2) is 5.13 Å². The minimum absolute atomic E-state index is 0.0923. The fraction of sp³-hybridized carbons (Fsp3) is 0.350. The number of carbonyl (C=O) groups excluding carboxylic acids is 1. The van der Waals surface area contributed by atoms with Gasteiger partial charge in [-0.25, -0.2) is 4.98 Å². The summed E-state index contributed by atoms with van der Waals surface area (Å²) in [5.74, 6) is 0.189. The molecule has 0 spiro atoms. The van der Waals surface area contributed by atoms with Crippen molar-refractivity contribution in [2.24, 2.45) is 5.92 Å². The van der Waals surface area contributed by atoms with E-state index in [-0.39, 0.29) is 11.8 Å². The maximum Gasteiger partial charge on any atom is 0.229 e. The molecule has 134 valence electrons.